The summed E-state index contributed by atoms with van der Waals surface area (Å²) in [5.74, 6) is 0.0690. The number of carbonyl (C=O) groups excluding carboxylic acids is 2. The van der Waals surface area contributed by atoms with Crippen LogP contribution in [0.2, 0.25) is 0 Å². The fraction of sp³-hybridized carbons (Fsp3) is 0.300. The normalized spacial score (nSPS) is 10.4. The summed E-state index contributed by atoms with van der Waals surface area (Å²) >= 11 is 0. The Balaban J connectivity index is 1.99. The molecule has 2 amide bonds. The summed E-state index contributed by atoms with van der Waals surface area (Å²) in [5, 5.41) is 5.71. The van der Waals surface area contributed by atoms with E-state index < -0.39 is 0 Å². The third kappa shape index (κ3) is 5.35. The van der Waals surface area contributed by atoms with Gasteiger partial charge in [-0.3, -0.25) is 9.59 Å². The Morgan fingerprint density at radius 2 is 1.40 bits per heavy atom. The van der Waals surface area contributed by atoms with Crippen molar-refractivity contribution < 1.29 is 9.59 Å². The molecule has 0 aliphatic rings. The van der Waals surface area contributed by atoms with Gasteiger partial charge in [-0.05, 0) is 54.4 Å². The van der Waals surface area contributed by atoms with E-state index in [-0.39, 0.29) is 11.8 Å². The Hall–Kier alpha value is -2.82. The number of carbonyl (C=O) groups is 2. The lowest BCUT2D eigenvalue weighted by molar-refractivity contribution is 0.0947. The van der Waals surface area contributed by atoms with Gasteiger partial charge in [-0.2, -0.15) is 0 Å². The lowest BCUT2D eigenvalue weighted by Gasteiger charge is -2.13. The summed E-state index contributed by atoms with van der Waals surface area (Å²) in [6.07, 6.45) is 0. The topological polar surface area (TPSA) is 61.4 Å². The molecule has 5 nitrogen and oxygen atoms in total. The van der Waals surface area contributed by atoms with Gasteiger partial charge in [-0.15, -0.1) is 0 Å². The van der Waals surface area contributed by atoms with E-state index >= 15 is 0 Å². The van der Waals surface area contributed by atoms with Crippen molar-refractivity contribution in [3.8, 4) is 0 Å². The first-order chi connectivity index (χ1) is 11.9. The summed E-state index contributed by atoms with van der Waals surface area (Å²) in [5.41, 5.74) is 2.86. The maximum atomic E-state index is 12.3. The van der Waals surface area contributed by atoms with E-state index in [0.717, 1.165) is 11.4 Å². The van der Waals surface area contributed by atoms with Crippen LogP contribution in [0, 0.1) is 5.92 Å². The van der Waals surface area contributed by atoms with E-state index in [0.29, 0.717) is 23.6 Å². The summed E-state index contributed by atoms with van der Waals surface area (Å²) in [4.78, 5) is 26.3. The lowest BCUT2D eigenvalue weighted by atomic mass is 10.1. The highest BCUT2D eigenvalue weighted by Crippen LogP contribution is 2.16. The molecule has 2 aromatic rings. The summed E-state index contributed by atoms with van der Waals surface area (Å²) in [6, 6.07) is 14.3. The Bertz CT molecular complexity index is 720. The van der Waals surface area contributed by atoms with Crippen LogP contribution in [-0.4, -0.2) is 32.5 Å². The monoisotopic (exact) mass is 339 g/mol. The van der Waals surface area contributed by atoms with Crippen molar-refractivity contribution in [3.05, 3.63) is 59.7 Å². The second-order valence-corrected chi connectivity index (χ2v) is 6.58. The van der Waals surface area contributed by atoms with Crippen LogP contribution in [-0.2, 0) is 0 Å². The van der Waals surface area contributed by atoms with Crippen molar-refractivity contribution in [2.24, 2.45) is 5.92 Å². The highest BCUT2D eigenvalue weighted by Gasteiger charge is 2.09. The van der Waals surface area contributed by atoms with Gasteiger partial charge in [0, 0.05) is 43.1 Å². The predicted octanol–water partition coefficient (Wildman–Crippen LogP) is 3.39. The van der Waals surface area contributed by atoms with Gasteiger partial charge in [0.1, 0.15) is 0 Å². The van der Waals surface area contributed by atoms with Gasteiger partial charge in [0.2, 0.25) is 0 Å². The molecule has 2 aromatic carbocycles. The molecule has 0 unspecified atom stereocenters. The molecule has 0 saturated heterocycles. The lowest BCUT2D eigenvalue weighted by Crippen LogP contribution is -2.27. The molecule has 0 bridgehead atoms. The van der Waals surface area contributed by atoms with Gasteiger partial charge in [0.15, 0.2) is 0 Å². The molecule has 0 aromatic heterocycles. The zero-order valence-electron chi connectivity index (χ0n) is 15.2. The van der Waals surface area contributed by atoms with Crippen LogP contribution in [0.3, 0.4) is 0 Å². The molecule has 0 spiro atoms. The number of hydrogen-bond acceptors (Lipinski definition) is 3. The zero-order valence-corrected chi connectivity index (χ0v) is 15.2. The summed E-state index contributed by atoms with van der Waals surface area (Å²) in [7, 11) is 3.93. The van der Waals surface area contributed by atoms with E-state index in [2.05, 4.69) is 10.6 Å². The molecule has 0 heterocycles. The van der Waals surface area contributed by atoms with Crippen molar-refractivity contribution >= 4 is 23.2 Å². The highest BCUT2D eigenvalue weighted by molar-refractivity contribution is 6.05. The van der Waals surface area contributed by atoms with Crippen LogP contribution in [0.15, 0.2) is 48.5 Å². The van der Waals surface area contributed by atoms with Crippen molar-refractivity contribution in [3.63, 3.8) is 0 Å². The zero-order chi connectivity index (χ0) is 18.4. The number of amides is 2. The third-order valence-corrected chi connectivity index (χ3v) is 3.72. The van der Waals surface area contributed by atoms with Crippen LogP contribution in [0.25, 0.3) is 0 Å². The van der Waals surface area contributed by atoms with Gasteiger partial charge in [-0.25, -0.2) is 0 Å². The number of anilines is 2. The molecule has 2 rings (SSSR count). The molecule has 25 heavy (non-hydrogen) atoms. The Labute approximate surface area is 149 Å². The molecule has 0 atom stereocenters. The molecule has 2 N–H and O–H groups in total. The second kappa shape index (κ2) is 8.33. The molecule has 0 aliphatic heterocycles. The first kappa shape index (κ1) is 18.5. The van der Waals surface area contributed by atoms with E-state index in [9.17, 15) is 9.59 Å². The SMILES string of the molecule is CC(C)CNC(=O)c1ccc(C(=O)Nc2ccc(N(C)C)cc2)cc1. The fourth-order valence-electron chi connectivity index (χ4n) is 2.22. The first-order valence-corrected chi connectivity index (χ1v) is 8.34. The van der Waals surface area contributed by atoms with E-state index in [1.54, 1.807) is 24.3 Å². The first-order valence-electron chi connectivity index (χ1n) is 8.34. The van der Waals surface area contributed by atoms with Gasteiger partial charge < -0.3 is 15.5 Å². The largest absolute Gasteiger partial charge is 0.378 e. The highest BCUT2D eigenvalue weighted by atomic mass is 16.2. The number of benzene rings is 2. The Morgan fingerprint density at radius 3 is 1.88 bits per heavy atom. The molecular weight excluding hydrogens is 314 g/mol. The van der Waals surface area contributed by atoms with Crippen LogP contribution in [0.5, 0.6) is 0 Å². The Kier molecular flexibility index (Phi) is 6.17. The van der Waals surface area contributed by atoms with Crippen LogP contribution < -0.4 is 15.5 Å². The minimum Gasteiger partial charge on any atom is -0.378 e. The van der Waals surface area contributed by atoms with Crippen molar-refractivity contribution in [2.45, 2.75) is 13.8 Å². The molecule has 0 saturated carbocycles. The van der Waals surface area contributed by atoms with E-state index in [1.165, 1.54) is 0 Å². The standard InChI is InChI=1S/C20H25N3O2/c1-14(2)13-21-19(24)15-5-7-16(8-6-15)20(25)22-17-9-11-18(12-10-17)23(3)4/h5-12,14H,13H2,1-4H3,(H,21,24)(H,22,25). The molecule has 0 aliphatic carbocycles. The number of nitrogens with zero attached hydrogens (tertiary/aromatic N) is 1. The molecule has 0 radical (unpaired) electrons. The average Bonchev–Trinajstić information content (AvgIpc) is 2.60. The number of hydrogen-bond donors (Lipinski definition) is 2. The molecular formula is C20H25N3O2. The van der Waals surface area contributed by atoms with Gasteiger partial charge >= 0.3 is 0 Å². The predicted molar refractivity (Wildman–Crippen MR) is 102 cm³/mol. The quantitative estimate of drug-likeness (QED) is 0.848. The summed E-state index contributed by atoms with van der Waals surface area (Å²) < 4.78 is 0. The molecule has 132 valence electrons. The summed E-state index contributed by atoms with van der Waals surface area (Å²) in [6.45, 7) is 4.71. The van der Waals surface area contributed by atoms with Crippen molar-refractivity contribution in [2.75, 3.05) is 30.9 Å². The van der Waals surface area contributed by atoms with Crippen LogP contribution in [0.4, 0.5) is 11.4 Å². The second-order valence-electron chi connectivity index (χ2n) is 6.58. The fourth-order valence-corrected chi connectivity index (χ4v) is 2.22. The number of rotatable bonds is 6. The molecule has 5 heteroatoms. The van der Waals surface area contributed by atoms with Crippen LogP contribution in [0.1, 0.15) is 34.6 Å². The molecule has 0 fully saturated rings. The van der Waals surface area contributed by atoms with E-state index in [4.69, 9.17) is 0 Å². The smallest absolute Gasteiger partial charge is 0.255 e. The minimum atomic E-state index is -0.202. The maximum absolute atomic E-state index is 12.3. The third-order valence-electron chi connectivity index (χ3n) is 3.72. The average molecular weight is 339 g/mol. The van der Waals surface area contributed by atoms with Gasteiger partial charge in [0.05, 0.1) is 0 Å². The Morgan fingerprint density at radius 1 is 0.880 bits per heavy atom. The van der Waals surface area contributed by atoms with E-state index in [1.807, 2.05) is 57.1 Å². The van der Waals surface area contributed by atoms with Crippen molar-refractivity contribution in [1.82, 2.24) is 5.32 Å². The number of nitrogens with one attached hydrogen (secondary N) is 2. The maximum Gasteiger partial charge on any atom is 0.255 e. The van der Waals surface area contributed by atoms with Crippen LogP contribution >= 0.6 is 0 Å². The van der Waals surface area contributed by atoms with Crippen molar-refractivity contribution in [1.29, 1.82) is 0 Å². The van der Waals surface area contributed by atoms with Gasteiger partial charge in [0.25, 0.3) is 11.8 Å². The van der Waals surface area contributed by atoms with Gasteiger partial charge in [-0.1, -0.05) is 13.8 Å². The minimum absolute atomic E-state index is 0.125.